The summed E-state index contributed by atoms with van der Waals surface area (Å²) >= 11 is 0. The summed E-state index contributed by atoms with van der Waals surface area (Å²) in [5.74, 6) is -0.503. The van der Waals surface area contributed by atoms with Crippen molar-refractivity contribution in [2.75, 3.05) is 6.61 Å². The van der Waals surface area contributed by atoms with E-state index in [2.05, 4.69) is 13.8 Å². The van der Waals surface area contributed by atoms with Crippen LogP contribution in [-0.2, 0) is 19.1 Å². The zero-order valence-corrected chi connectivity index (χ0v) is 13.3. The Hall–Kier alpha value is -1.06. The Morgan fingerprint density at radius 2 is 1.55 bits per heavy atom. The predicted octanol–water partition coefficient (Wildman–Crippen LogP) is 4.01. The van der Waals surface area contributed by atoms with Crippen LogP contribution >= 0.6 is 0 Å². The van der Waals surface area contributed by atoms with Crippen LogP contribution in [0.2, 0.25) is 0 Å². The monoisotopic (exact) mass is 286 g/mol. The van der Waals surface area contributed by atoms with E-state index >= 15 is 0 Å². The minimum Gasteiger partial charge on any atom is -0.466 e. The molecule has 0 rings (SSSR count). The molecule has 4 nitrogen and oxygen atoms in total. The molecule has 0 radical (unpaired) electrons. The number of ether oxygens (including phenoxy) is 2. The molecule has 0 aliphatic carbocycles. The van der Waals surface area contributed by atoms with Crippen molar-refractivity contribution in [2.45, 2.75) is 84.7 Å². The van der Waals surface area contributed by atoms with E-state index in [0.29, 0.717) is 13.0 Å². The molecule has 0 N–H and O–H groups in total. The van der Waals surface area contributed by atoms with Gasteiger partial charge in [0.25, 0.3) is 0 Å². The van der Waals surface area contributed by atoms with E-state index in [4.69, 9.17) is 9.47 Å². The van der Waals surface area contributed by atoms with Crippen molar-refractivity contribution in [3.63, 3.8) is 0 Å². The fourth-order valence-electron chi connectivity index (χ4n) is 1.85. The van der Waals surface area contributed by atoms with Gasteiger partial charge in [-0.3, -0.25) is 9.59 Å². The fraction of sp³-hybridized carbons (Fsp3) is 0.875. The first-order chi connectivity index (χ1) is 9.60. The van der Waals surface area contributed by atoms with Crippen LogP contribution in [0, 0.1) is 0 Å². The smallest absolute Gasteiger partial charge is 0.309 e. The summed E-state index contributed by atoms with van der Waals surface area (Å²) in [7, 11) is 0. The van der Waals surface area contributed by atoms with Gasteiger partial charge in [-0.1, -0.05) is 46.0 Å². The lowest BCUT2D eigenvalue weighted by atomic mass is 10.2. The number of carbonyl (C=O) groups excluding carboxylic acids is 2. The number of rotatable bonds is 12. The van der Waals surface area contributed by atoms with Crippen LogP contribution in [0.5, 0.6) is 0 Å². The normalized spacial score (nSPS) is 11.9. The van der Waals surface area contributed by atoms with Crippen molar-refractivity contribution in [1.82, 2.24) is 0 Å². The van der Waals surface area contributed by atoms with Crippen molar-refractivity contribution in [3.05, 3.63) is 0 Å². The van der Waals surface area contributed by atoms with Crippen LogP contribution in [0.1, 0.15) is 78.6 Å². The van der Waals surface area contributed by atoms with Gasteiger partial charge in [0.15, 0.2) is 0 Å². The lowest BCUT2D eigenvalue weighted by Gasteiger charge is -2.12. The van der Waals surface area contributed by atoms with Crippen LogP contribution in [0.4, 0.5) is 0 Å². The summed E-state index contributed by atoms with van der Waals surface area (Å²) < 4.78 is 10.3. The lowest BCUT2D eigenvalue weighted by Crippen LogP contribution is -2.20. The molecule has 0 aromatic carbocycles. The maximum absolute atomic E-state index is 11.5. The second-order valence-electron chi connectivity index (χ2n) is 5.24. The number of unbranched alkanes of at least 4 members (excludes halogenated alkanes) is 5. The van der Waals surface area contributed by atoms with Gasteiger partial charge < -0.3 is 9.47 Å². The Bertz CT molecular complexity index is 263. The van der Waals surface area contributed by atoms with Crippen LogP contribution in [0.15, 0.2) is 0 Å². The Morgan fingerprint density at radius 3 is 2.20 bits per heavy atom. The molecule has 0 saturated heterocycles. The van der Waals surface area contributed by atoms with E-state index in [0.717, 1.165) is 32.1 Å². The van der Waals surface area contributed by atoms with Crippen LogP contribution in [0.25, 0.3) is 0 Å². The average Bonchev–Trinajstić information content (AvgIpc) is 2.38. The molecule has 0 saturated carbocycles. The first-order valence-electron chi connectivity index (χ1n) is 7.95. The standard InChI is InChI=1S/C16H30O4/c1-4-6-8-10-12-19-16(18)13-14(3)20-15(17)11-9-7-5-2/h14H,4-13H2,1-3H3/t14-/m0/s1. The third kappa shape index (κ3) is 12.0. The molecule has 0 fully saturated rings. The van der Waals surface area contributed by atoms with Gasteiger partial charge in [-0.05, 0) is 19.8 Å². The summed E-state index contributed by atoms with van der Waals surface area (Å²) in [4.78, 5) is 23.0. The van der Waals surface area contributed by atoms with Crippen LogP contribution in [0.3, 0.4) is 0 Å². The molecule has 0 aromatic rings. The second-order valence-corrected chi connectivity index (χ2v) is 5.24. The third-order valence-corrected chi connectivity index (χ3v) is 3.03. The Kier molecular flexibility index (Phi) is 12.3. The zero-order valence-electron chi connectivity index (χ0n) is 13.3. The van der Waals surface area contributed by atoms with E-state index < -0.39 is 6.10 Å². The van der Waals surface area contributed by atoms with Crippen LogP contribution < -0.4 is 0 Å². The Balaban J connectivity index is 3.60. The van der Waals surface area contributed by atoms with E-state index in [1.807, 2.05) is 0 Å². The lowest BCUT2D eigenvalue weighted by molar-refractivity contribution is -0.154. The van der Waals surface area contributed by atoms with E-state index in [1.54, 1.807) is 6.92 Å². The van der Waals surface area contributed by atoms with Crippen molar-refractivity contribution >= 4 is 11.9 Å². The van der Waals surface area contributed by atoms with Gasteiger partial charge in [0.2, 0.25) is 0 Å². The predicted molar refractivity (Wildman–Crippen MR) is 79.4 cm³/mol. The fourth-order valence-corrected chi connectivity index (χ4v) is 1.85. The summed E-state index contributed by atoms with van der Waals surface area (Å²) in [5.41, 5.74) is 0. The first-order valence-corrected chi connectivity index (χ1v) is 7.95. The molecule has 0 aromatic heterocycles. The highest BCUT2D eigenvalue weighted by Gasteiger charge is 2.14. The first kappa shape index (κ1) is 18.9. The maximum atomic E-state index is 11.5. The van der Waals surface area contributed by atoms with Crippen molar-refractivity contribution < 1.29 is 19.1 Å². The van der Waals surface area contributed by atoms with Crippen molar-refractivity contribution in [3.8, 4) is 0 Å². The molecule has 4 heteroatoms. The van der Waals surface area contributed by atoms with Gasteiger partial charge in [0.1, 0.15) is 6.10 Å². The van der Waals surface area contributed by atoms with E-state index in [-0.39, 0.29) is 18.4 Å². The second kappa shape index (κ2) is 12.9. The summed E-state index contributed by atoms with van der Waals surface area (Å²) in [6.07, 6.45) is 7.48. The summed E-state index contributed by atoms with van der Waals surface area (Å²) in [5, 5.41) is 0. The van der Waals surface area contributed by atoms with Gasteiger partial charge in [-0.15, -0.1) is 0 Å². The van der Waals surface area contributed by atoms with Gasteiger partial charge in [0.05, 0.1) is 13.0 Å². The number of hydrogen-bond acceptors (Lipinski definition) is 4. The molecule has 0 bridgehead atoms. The molecule has 0 heterocycles. The molecule has 0 amide bonds. The quantitative estimate of drug-likeness (QED) is 0.402. The van der Waals surface area contributed by atoms with Gasteiger partial charge >= 0.3 is 11.9 Å². The SMILES string of the molecule is CCCCCCOC(=O)C[C@H](C)OC(=O)CCCCC. The van der Waals surface area contributed by atoms with Crippen molar-refractivity contribution in [1.29, 1.82) is 0 Å². The highest BCUT2D eigenvalue weighted by molar-refractivity contribution is 5.72. The van der Waals surface area contributed by atoms with Crippen LogP contribution in [-0.4, -0.2) is 24.6 Å². The number of esters is 2. The molecular weight excluding hydrogens is 256 g/mol. The van der Waals surface area contributed by atoms with Gasteiger partial charge in [-0.2, -0.15) is 0 Å². The van der Waals surface area contributed by atoms with Crippen molar-refractivity contribution in [2.24, 2.45) is 0 Å². The Morgan fingerprint density at radius 1 is 0.900 bits per heavy atom. The summed E-state index contributed by atoms with van der Waals surface area (Å²) in [6.45, 7) is 6.43. The third-order valence-electron chi connectivity index (χ3n) is 3.03. The number of carbonyl (C=O) groups is 2. The highest BCUT2D eigenvalue weighted by Crippen LogP contribution is 2.06. The highest BCUT2D eigenvalue weighted by atomic mass is 16.6. The molecule has 0 unspecified atom stereocenters. The molecule has 20 heavy (non-hydrogen) atoms. The number of hydrogen-bond donors (Lipinski definition) is 0. The minimum absolute atomic E-state index is 0.146. The zero-order chi connectivity index (χ0) is 15.2. The Labute approximate surface area is 123 Å². The molecule has 0 aliphatic heterocycles. The molecule has 0 spiro atoms. The van der Waals surface area contributed by atoms with Gasteiger partial charge in [-0.25, -0.2) is 0 Å². The maximum Gasteiger partial charge on any atom is 0.309 e. The van der Waals surface area contributed by atoms with E-state index in [9.17, 15) is 9.59 Å². The van der Waals surface area contributed by atoms with Gasteiger partial charge in [0, 0.05) is 6.42 Å². The minimum atomic E-state index is -0.396. The molecule has 118 valence electrons. The molecule has 0 aliphatic rings. The summed E-state index contributed by atoms with van der Waals surface area (Å²) in [6, 6.07) is 0. The largest absolute Gasteiger partial charge is 0.466 e. The van der Waals surface area contributed by atoms with E-state index in [1.165, 1.54) is 12.8 Å². The average molecular weight is 286 g/mol. The molecular formula is C16H30O4. The topological polar surface area (TPSA) is 52.6 Å². The molecule has 1 atom stereocenters.